The second kappa shape index (κ2) is 16.0. The van der Waals surface area contributed by atoms with Crippen LogP contribution in [0, 0.1) is 5.92 Å². The molecule has 1 aliphatic rings. The lowest BCUT2D eigenvalue weighted by Gasteiger charge is -2.28. The van der Waals surface area contributed by atoms with Crippen molar-refractivity contribution in [3.63, 3.8) is 0 Å². The Morgan fingerprint density at radius 1 is 1.13 bits per heavy atom. The number of benzene rings is 2. The summed E-state index contributed by atoms with van der Waals surface area (Å²) in [4.78, 5) is 38.2. The summed E-state index contributed by atoms with van der Waals surface area (Å²) < 4.78 is 10.5. The molecule has 0 saturated carbocycles. The van der Waals surface area contributed by atoms with Crippen LogP contribution >= 0.6 is 48.0 Å². The summed E-state index contributed by atoms with van der Waals surface area (Å²) in [5, 5.41) is 19.1. The molecule has 0 bridgehead atoms. The van der Waals surface area contributed by atoms with Gasteiger partial charge in [0.1, 0.15) is 11.1 Å². The van der Waals surface area contributed by atoms with Gasteiger partial charge in [-0.3, -0.25) is 9.59 Å². The average Bonchev–Trinajstić information content (AvgIpc) is 2.88. The number of carbonyl (C=O) groups excluding carboxylic acids is 3. The Hall–Kier alpha value is -2.27. The Labute approximate surface area is 243 Å². The number of halogens is 4. The van der Waals surface area contributed by atoms with Gasteiger partial charge in [-0.05, 0) is 18.6 Å². The third-order valence-corrected chi connectivity index (χ3v) is 6.44. The molecule has 2 unspecified atom stereocenters. The summed E-state index contributed by atoms with van der Waals surface area (Å²) in [6, 6.07) is 9.05. The van der Waals surface area contributed by atoms with E-state index >= 15 is 0 Å². The number of ether oxygens (including phenoxy) is 2. The van der Waals surface area contributed by atoms with Crippen molar-refractivity contribution < 1.29 is 29.0 Å². The van der Waals surface area contributed by atoms with Crippen molar-refractivity contribution in [2.24, 2.45) is 5.92 Å². The summed E-state index contributed by atoms with van der Waals surface area (Å²) in [5.41, 5.74) is 0.522. The van der Waals surface area contributed by atoms with Gasteiger partial charge in [0.15, 0.2) is 11.5 Å². The Kier molecular flexibility index (Phi) is 14.2. The number of amides is 1. The van der Waals surface area contributed by atoms with Crippen molar-refractivity contribution in [3.05, 3.63) is 57.6 Å². The van der Waals surface area contributed by atoms with Crippen molar-refractivity contribution in [1.29, 1.82) is 0 Å². The number of piperazine rings is 1. The van der Waals surface area contributed by atoms with Gasteiger partial charge in [-0.2, -0.15) is 0 Å². The molecule has 1 fully saturated rings. The summed E-state index contributed by atoms with van der Waals surface area (Å²) in [5.74, 6) is -3.43. The highest BCUT2D eigenvalue weighted by molar-refractivity contribution is 6.39. The third kappa shape index (κ3) is 8.62. The van der Waals surface area contributed by atoms with Crippen LogP contribution in [0.3, 0.4) is 0 Å². The molecule has 2 aromatic rings. The molecule has 3 atom stereocenters. The van der Waals surface area contributed by atoms with Crippen LogP contribution in [0.1, 0.15) is 29.8 Å². The summed E-state index contributed by atoms with van der Waals surface area (Å²) in [6.07, 6.45) is 0.172. The van der Waals surface area contributed by atoms with E-state index in [1.54, 1.807) is 13.8 Å². The zero-order valence-corrected chi connectivity index (χ0v) is 23.9. The fourth-order valence-corrected chi connectivity index (χ4v) is 4.30. The zero-order chi connectivity index (χ0) is 26.2. The number of rotatable bonds is 9. The minimum atomic E-state index is -1.02. The molecule has 3 rings (SSSR count). The van der Waals surface area contributed by atoms with Gasteiger partial charge >= 0.3 is 11.9 Å². The van der Waals surface area contributed by atoms with Crippen LogP contribution < -0.4 is 20.7 Å². The van der Waals surface area contributed by atoms with Crippen molar-refractivity contribution in [2.75, 3.05) is 26.2 Å². The van der Waals surface area contributed by atoms with Crippen molar-refractivity contribution >= 4 is 65.9 Å². The highest BCUT2D eigenvalue weighted by atomic mass is 35.5. The van der Waals surface area contributed by atoms with Crippen LogP contribution in [0.2, 0.25) is 10.0 Å². The van der Waals surface area contributed by atoms with E-state index in [0.29, 0.717) is 13.1 Å². The first-order valence-electron chi connectivity index (χ1n) is 11.6. The molecule has 1 heterocycles. The van der Waals surface area contributed by atoms with Crippen LogP contribution in [0.15, 0.2) is 36.4 Å². The van der Waals surface area contributed by atoms with Gasteiger partial charge in [-0.25, -0.2) is 4.79 Å². The second-order valence-electron chi connectivity index (χ2n) is 8.34. The fourth-order valence-electron chi connectivity index (χ4n) is 3.77. The van der Waals surface area contributed by atoms with Gasteiger partial charge in [-0.1, -0.05) is 60.5 Å². The number of nitrogens with one attached hydrogen (secondary N) is 3. The van der Waals surface area contributed by atoms with Gasteiger partial charge in [0.2, 0.25) is 0 Å². The standard InChI is InChI=1S/C25H29Cl2N3O6.2ClH/c1-3-35-25(34)18(11-15-7-5-4-6-8-15)30-23(32)16-12-17(26)22(20(27)21(16)31)36-24(33)14(2)19-13-28-9-10-29-19;;/h4-8,12,14,18-19,28-29,31H,3,9-11,13H2,1-2H3,(H,30,32);2*1H/t14?,18-,19?;;/m0../s1. The number of aromatic hydroxyl groups is 1. The number of phenols is 1. The molecule has 38 heavy (non-hydrogen) atoms. The third-order valence-electron chi connectivity index (χ3n) is 5.80. The van der Waals surface area contributed by atoms with E-state index in [0.717, 1.165) is 18.2 Å². The highest BCUT2D eigenvalue weighted by Gasteiger charge is 2.31. The maximum atomic E-state index is 13.0. The van der Waals surface area contributed by atoms with E-state index < -0.39 is 40.6 Å². The SMILES string of the molecule is CCOC(=O)[C@H](Cc1ccccc1)NC(=O)c1cc(Cl)c(OC(=O)C(C)C2CNCCN2)c(Cl)c1O.Cl.Cl. The second-order valence-corrected chi connectivity index (χ2v) is 9.13. The molecule has 13 heteroatoms. The van der Waals surface area contributed by atoms with Gasteiger partial charge in [0.05, 0.1) is 23.1 Å². The maximum Gasteiger partial charge on any atom is 0.328 e. The molecule has 9 nitrogen and oxygen atoms in total. The van der Waals surface area contributed by atoms with E-state index in [4.69, 9.17) is 32.7 Å². The summed E-state index contributed by atoms with van der Waals surface area (Å²) in [6.45, 7) is 5.60. The molecule has 0 aliphatic carbocycles. The average molecular weight is 611 g/mol. The zero-order valence-electron chi connectivity index (χ0n) is 20.8. The van der Waals surface area contributed by atoms with Crippen LogP contribution in [-0.2, 0) is 20.7 Å². The number of hydrogen-bond donors (Lipinski definition) is 4. The molecule has 210 valence electrons. The normalized spacial score (nSPS) is 16.2. The largest absolute Gasteiger partial charge is 0.505 e. The molecule has 1 amide bonds. The Morgan fingerprint density at radius 3 is 2.42 bits per heavy atom. The van der Waals surface area contributed by atoms with E-state index in [1.165, 1.54) is 0 Å². The molecule has 2 aromatic carbocycles. The van der Waals surface area contributed by atoms with Gasteiger partial charge < -0.3 is 30.5 Å². The van der Waals surface area contributed by atoms with Crippen LogP contribution in [-0.4, -0.2) is 61.3 Å². The Morgan fingerprint density at radius 2 is 1.82 bits per heavy atom. The Bertz CT molecular complexity index is 1100. The first kappa shape index (κ1) is 33.8. The molecule has 0 aromatic heterocycles. The van der Waals surface area contributed by atoms with Crippen LogP contribution in [0.25, 0.3) is 0 Å². The van der Waals surface area contributed by atoms with Crippen LogP contribution in [0.5, 0.6) is 11.5 Å². The van der Waals surface area contributed by atoms with Crippen molar-refractivity contribution in [3.8, 4) is 11.5 Å². The van der Waals surface area contributed by atoms with Crippen molar-refractivity contribution in [2.45, 2.75) is 32.4 Å². The molecule has 4 N–H and O–H groups in total. The number of hydrogen-bond acceptors (Lipinski definition) is 8. The maximum absolute atomic E-state index is 13.0. The molecule has 1 saturated heterocycles. The minimum absolute atomic E-state index is 0. The molecule has 0 radical (unpaired) electrons. The predicted octanol–water partition coefficient (Wildman–Crippen LogP) is 3.55. The van der Waals surface area contributed by atoms with E-state index in [1.807, 2.05) is 30.3 Å². The minimum Gasteiger partial charge on any atom is -0.505 e. The lowest BCUT2D eigenvalue weighted by molar-refractivity contribution is -0.145. The van der Waals surface area contributed by atoms with E-state index in [9.17, 15) is 19.5 Å². The van der Waals surface area contributed by atoms with Crippen molar-refractivity contribution in [1.82, 2.24) is 16.0 Å². The quantitative estimate of drug-likeness (QED) is 0.251. The van der Waals surface area contributed by atoms with Gasteiger partial charge in [-0.15, -0.1) is 24.8 Å². The lowest BCUT2D eigenvalue weighted by Crippen LogP contribution is -2.53. The van der Waals surface area contributed by atoms with Gasteiger partial charge in [0.25, 0.3) is 5.91 Å². The first-order chi connectivity index (χ1) is 17.2. The Balaban J connectivity index is 0.00000361. The fraction of sp³-hybridized carbons (Fsp3) is 0.400. The van der Waals surface area contributed by atoms with E-state index in [-0.39, 0.29) is 60.2 Å². The molecular weight excluding hydrogens is 580 g/mol. The summed E-state index contributed by atoms with van der Waals surface area (Å²) >= 11 is 12.5. The van der Waals surface area contributed by atoms with E-state index in [2.05, 4.69) is 16.0 Å². The monoisotopic (exact) mass is 609 g/mol. The molecule has 1 aliphatic heterocycles. The molecule has 0 spiro atoms. The van der Waals surface area contributed by atoms with Gasteiger partial charge in [0, 0.05) is 32.1 Å². The predicted molar refractivity (Wildman–Crippen MR) is 150 cm³/mol. The number of carbonyl (C=O) groups is 3. The summed E-state index contributed by atoms with van der Waals surface area (Å²) in [7, 11) is 0. The topological polar surface area (TPSA) is 126 Å². The molecular formula is C25H31Cl4N3O6. The number of esters is 2. The smallest absolute Gasteiger partial charge is 0.328 e. The highest BCUT2D eigenvalue weighted by Crippen LogP contribution is 2.42. The first-order valence-corrected chi connectivity index (χ1v) is 12.4. The number of phenolic OH excluding ortho intramolecular Hbond substituents is 1. The van der Waals surface area contributed by atoms with Crippen LogP contribution in [0.4, 0.5) is 0 Å². The lowest BCUT2D eigenvalue weighted by atomic mass is 10.0.